The van der Waals surface area contributed by atoms with E-state index in [1.807, 2.05) is 60.7 Å². The Morgan fingerprint density at radius 3 is 2.07 bits per heavy atom. The maximum atomic E-state index is 10.2. The molecule has 1 heterocycles. The lowest BCUT2D eigenvalue weighted by Gasteiger charge is -2.10. The molecule has 1 aliphatic heterocycles. The Balaban J connectivity index is 1.76. The Labute approximate surface area is 157 Å². The number of hydrogen-bond acceptors (Lipinski definition) is 3. The molecule has 2 N–H and O–H groups in total. The topological polar surface area (TPSA) is 44.6 Å². The molecule has 3 heteroatoms. The first-order valence-electron chi connectivity index (χ1n) is 9.01. The number of aliphatic hydroxyl groups excluding tert-OH is 1. The summed E-state index contributed by atoms with van der Waals surface area (Å²) in [5, 5.41) is 15.5. The van der Waals surface area contributed by atoms with Crippen molar-refractivity contribution in [2.75, 3.05) is 5.32 Å². The molecule has 5 rings (SSSR count). The molecule has 0 aliphatic carbocycles. The van der Waals surface area contributed by atoms with Gasteiger partial charge in [0.15, 0.2) is 6.23 Å². The minimum Gasteiger partial charge on any atom is -0.369 e. The summed E-state index contributed by atoms with van der Waals surface area (Å²) < 4.78 is 0. The lowest BCUT2D eigenvalue weighted by atomic mass is 10.0. The zero-order valence-electron chi connectivity index (χ0n) is 14.6. The summed E-state index contributed by atoms with van der Waals surface area (Å²) >= 11 is 0. The molecule has 1 aliphatic rings. The van der Waals surface area contributed by atoms with Crippen LogP contribution in [0.2, 0.25) is 0 Å². The first-order chi connectivity index (χ1) is 13.3. The van der Waals surface area contributed by atoms with Gasteiger partial charge in [-0.15, -0.1) is 0 Å². The second-order valence-corrected chi connectivity index (χ2v) is 6.64. The lowest BCUT2D eigenvalue weighted by Crippen LogP contribution is -2.02. The van der Waals surface area contributed by atoms with E-state index in [9.17, 15) is 5.11 Å². The highest BCUT2D eigenvalue weighted by atomic mass is 16.3. The van der Waals surface area contributed by atoms with E-state index in [0.29, 0.717) is 0 Å². The highest BCUT2D eigenvalue weighted by Gasteiger charge is 2.22. The molecule has 0 saturated heterocycles. The average molecular weight is 350 g/mol. The monoisotopic (exact) mass is 350 g/mol. The predicted molar refractivity (Wildman–Crippen MR) is 111 cm³/mol. The molecule has 0 bridgehead atoms. The molecule has 0 aromatic heterocycles. The van der Waals surface area contributed by atoms with Crippen molar-refractivity contribution in [3.8, 4) is 0 Å². The molecule has 4 aromatic carbocycles. The molecule has 130 valence electrons. The van der Waals surface area contributed by atoms with Crippen LogP contribution in [0.15, 0.2) is 96.0 Å². The number of anilines is 1. The molecule has 0 spiro atoms. The summed E-state index contributed by atoms with van der Waals surface area (Å²) in [5.74, 6) is 0. The van der Waals surface area contributed by atoms with Gasteiger partial charge in [0.05, 0.1) is 11.4 Å². The third kappa shape index (κ3) is 2.69. The number of rotatable bonds is 3. The number of benzene rings is 4. The second kappa shape index (κ2) is 6.38. The van der Waals surface area contributed by atoms with Gasteiger partial charge in [0.1, 0.15) is 0 Å². The number of nitrogens with zero attached hydrogens (tertiary/aromatic N) is 1. The Bertz CT molecular complexity index is 1110. The van der Waals surface area contributed by atoms with Gasteiger partial charge in [0, 0.05) is 33.2 Å². The van der Waals surface area contributed by atoms with Gasteiger partial charge in [0.25, 0.3) is 0 Å². The molecule has 0 saturated carbocycles. The van der Waals surface area contributed by atoms with Crippen molar-refractivity contribution in [1.82, 2.24) is 0 Å². The number of hydrogen-bond donors (Lipinski definition) is 2. The quantitative estimate of drug-likeness (QED) is 0.484. The van der Waals surface area contributed by atoms with Gasteiger partial charge >= 0.3 is 0 Å². The van der Waals surface area contributed by atoms with E-state index in [1.165, 1.54) is 0 Å². The summed E-state index contributed by atoms with van der Waals surface area (Å²) in [6, 6.07) is 30.5. The van der Waals surface area contributed by atoms with E-state index >= 15 is 0 Å². The minimum absolute atomic E-state index is 0.661. The van der Waals surface area contributed by atoms with Crippen LogP contribution >= 0.6 is 0 Å². The summed E-state index contributed by atoms with van der Waals surface area (Å²) in [6.07, 6.45) is -0.661. The van der Waals surface area contributed by atoms with Crippen LogP contribution in [0.5, 0.6) is 0 Å². The fourth-order valence-electron chi connectivity index (χ4n) is 3.70. The van der Waals surface area contributed by atoms with Crippen LogP contribution in [0.3, 0.4) is 0 Å². The van der Waals surface area contributed by atoms with E-state index in [4.69, 9.17) is 4.99 Å². The molecule has 0 fully saturated rings. The van der Waals surface area contributed by atoms with Crippen LogP contribution in [0.4, 0.5) is 11.4 Å². The third-order valence-electron chi connectivity index (χ3n) is 4.96. The van der Waals surface area contributed by atoms with Crippen molar-refractivity contribution in [3.05, 3.63) is 108 Å². The first-order valence-corrected chi connectivity index (χ1v) is 9.01. The van der Waals surface area contributed by atoms with Crippen molar-refractivity contribution in [1.29, 1.82) is 0 Å². The third-order valence-corrected chi connectivity index (χ3v) is 4.96. The van der Waals surface area contributed by atoms with Crippen LogP contribution in [0.25, 0.3) is 10.8 Å². The van der Waals surface area contributed by atoms with E-state index < -0.39 is 6.23 Å². The van der Waals surface area contributed by atoms with Crippen molar-refractivity contribution >= 4 is 27.9 Å². The van der Waals surface area contributed by atoms with Crippen molar-refractivity contribution in [2.24, 2.45) is 4.99 Å². The molecule has 27 heavy (non-hydrogen) atoms. The second-order valence-electron chi connectivity index (χ2n) is 6.64. The Morgan fingerprint density at radius 1 is 0.741 bits per heavy atom. The summed E-state index contributed by atoms with van der Waals surface area (Å²) in [5.41, 5.74) is 5.83. The van der Waals surface area contributed by atoms with Crippen LogP contribution < -0.4 is 5.32 Å². The molecule has 0 amide bonds. The SMILES string of the molecule is OC1Nc2ccc(N=C(c3ccccc3)c3ccccc3)c3cccc1c23. The molecule has 0 radical (unpaired) electrons. The van der Waals surface area contributed by atoms with Crippen LogP contribution in [-0.2, 0) is 0 Å². The van der Waals surface area contributed by atoms with Crippen LogP contribution in [0, 0.1) is 0 Å². The maximum absolute atomic E-state index is 10.2. The van der Waals surface area contributed by atoms with Gasteiger partial charge in [-0.3, -0.25) is 0 Å². The van der Waals surface area contributed by atoms with Crippen molar-refractivity contribution in [3.63, 3.8) is 0 Å². The van der Waals surface area contributed by atoms with Gasteiger partial charge < -0.3 is 10.4 Å². The highest BCUT2D eigenvalue weighted by Crippen LogP contribution is 2.42. The van der Waals surface area contributed by atoms with Crippen molar-refractivity contribution in [2.45, 2.75) is 6.23 Å². The average Bonchev–Trinajstić information content (AvgIpc) is 3.06. The summed E-state index contributed by atoms with van der Waals surface area (Å²) in [4.78, 5) is 5.07. The Hall–Kier alpha value is -3.43. The lowest BCUT2D eigenvalue weighted by molar-refractivity contribution is 0.213. The van der Waals surface area contributed by atoms with Gasteiger partial charge in [0.2, 0.25) is 0 Å². The zero-order valence-corrected chi connectivity index (χ0v) is 14.6. The molecule has 3 nitrogen and oxygen atoms in total. The van der Waals surface area contributed by atoms with Gasteiger partial charge in [-0.1, -0.05) is 78.9 Å². The largest absolute Gasteiger partial charge is 0.369 e. The first kappa shape index (κ1) is 15.8. The fraction of sp³-hybridized carbons (Fsp3) is 0.0417. The molecule has 4 aromatic rings. The number of aliphatic hydroxyl groups is 1. The highest BCUT2D eigenvalue weighted by molar-refractivity contribution is 6.15. The standard InChI is InChI=1S/C24H18N2O/c27-24-19-13-7-12-18-20(14-15-21(26-24)22(18)19)25-23(16-8-3-1-4-9-16)17-10-5-2-6-11-17/h1-15,24,26-27H. The normalized spacial score (nSPS) is 14.8. The summed E-state index contributed by atoms with van der Waals surface area (Å²) in [7, 11) is 0. The summed E-state index contributed by atoms with van der Waals surface area (Å²) in [6.45, 7) is 0. The fourth-order valence-corrected chi connectivity index (χ4v) is 3.70. The zero-order chi connectivity index (χ0) is 18.2. The smallest absolute Gasteiger partial charge is 0.151 e. The number of aliphatic imine (C=N–C) groups is 1. The van der Waals surface area contributed by atoms with Crippen LogP contribution in [0.1, 0.15) is 22.9 Å². The van der Waals surface area contributed by atoms with Crippen molar-refractivity contribution < 1.29 is 5.11 Å². The van der Waals surface area contributed by atoms with E-state index in [2.05, 4.69) is 35.6 Å². The molecular weight excluding hydrogens is 332 g/mol. The predicted octanol–water partition coefficient (Wildman–Crippen LogP) is 5.43. The number of nitrogens with one attached hydrogen (secondary N) is 1. The molecular formula is C24H18N2O. The van der Waals surface area contributed by atoms with Gasteiger partial charge in [-0.2, -0.15) is 0 Å². The minimum atomic E-state index is -0.661. The van der Waals surface area contributed by atoms with Crippen LogP contribution in [-0.4, -0.2) is 10.8 Å². The van der Waals surface area contributed by atoms with E-state index in [1.54, 1.807) is 0 Å². The van der Waals surface area contributed by atoms with E-state index in [-0.39, 0.29) is 0 Å². The Kier molecular flexibility index (Phi) is 3.73. The molecule has 1 atom stereocenters. The maximum Gasteiger partial charge on any atom is 0.151 e. The van der Waals surface area contributed by atoms with E-state index in [0.717, 1.165) is 44.5 Å². The molecule has 1 unspecified atom stereocenters. The van der Waals surface area contributed by atoms with Gasteiger partial charge in [-0.25, -0.2) is 4.99 Å². The Morgan fingerprint density at radius 2 is 1.41 bits per heavy atom. The van der Waals surface area contributed by atoms with Gasteiger partial charge in [-0.05, 0) is 12.1 Å².